The van der Waals surface area contributed by atoms with Crippen LogP contribution in [0.2, 0.25) is 0 Å². The number of nitrogens with zero attached hydrogens (tertiary/aromatic N) is 2. The Morgan fingerprint density at radius 2 is 2.08 bits per heavy atom. The summed E-state index contributed by atoms with van der Waals surface area (Å²) in [5, 5.41) is 6.67. The lowest BCUT2D eigenvalue weighted by molar-refractivity contribution is 0.392. The molecule has 0 aliphatic carbocycles. The number of ether oxygens (including phenoxy) is 1. The lowest BCUT2D eigenvalue weighted by atomic mass is 9.99. The number of guanidine groups is 1. The van der Waals surface area contributed by atoms with Gasteiger partial charge < -0.3 is 15.4 Å². The molecule has 0 fully saturated rings. The van der Waals surface area contributed by atoms with Crippen molar-refractivity contribution in [2.24, 2.45) is 4.99 Å². The van der Waals surface area contributed by atoms with Gasteiger partial charge in [0.15, 0.2) is 5.96 Å². The maximum absolute atomic E-state index is 5.27. The summed E-state index contributed by atoms with van der Waals surface area (Å²) in [6.45, 7) is 5.74. The van der Waals surface area contributed by atoms with Crippen molar-refractivity contribution < 1.29 is 4.74 Å². The van der Waals surface area contributed by atoms with E-state index in [0.29, 0.717) is 18.3 Å². The SMILES string of the molecule is CN=C(NCc1cccnc1OC)NCC(C)c1cccc(C)c1. The van der Waals surface area contributed by atoms with Crippen molar-refractivity contribution in [3.8, 4) is 5.88 Å². The number of pyridine rings is 1. The van der Waals surface area contributed by atoms with E-state index in [0.717, 1.165) is 18.1 Å². The monoisotopic (exact) mass is 326 g/mol. The number of nitrogens with one attached hydrogen (secondary N) is 2. The fourth-order valence-corrected chi connectivity index (χ4v) is 2.49. The predicted octanol–water partition coefficient (Wildman–Crippen LogP) is 2.87. The fourth-order valence-electron chi connectivity index (χ4n) is 2.49. The molecule has 2 aromatic rings. The molecule has 2 N–H and O–H groups in total. The molecule has 0 aliphatic rings. The van der Waals surface area contributed by atoms with Gasteiger partial charge in [-0.25, -0.2) is 4.98 Å². The van der Waals surface area contributed by atoms with Gasteiger partial charge in [0.05, 0.1) is 7.11 Å². The van der Waals surface area contributed by atoms with Gasteiger partial charge in [-0.3, -0.25) is 4.99 Å². The number of aromatic nitrogens is 1. The largest absolute Gasteiger partial charge is 0.481 e. The zero-order chi connectivity index (χ0) is 17.4. The van der Waals surface area contributed by atoms with Crippen molar-refractivity contribution in [2.45, 2.75) is 26.3 Å². The Kier molecular flexibility index (Phi) is 6.61. The Labute approximate surface area is 144 Å². The van der Waals surface area contributed by atoms with E-state index in [-0.39, 0.29) is 0 Å². The summed E-state index contributed by atoms with van der Waals surface area (Å²) in [6.07, 6.45) is 1.72. The highest BCUT2D eigenvalue weighted by Crippen LogP contribution is 2.15. The van der Waals surface area contributed by atoms with E-state index in [9.17, 15) is 0 Å². The van der Waals surface area contributed by atoms with E-state index in [4.69, 9.17) is 4.74 Å². The first-order valence-electron chi connectivity index (χ1n) is 8.13. The second kappa shape index (κ2) is 8.91. The van der Waals surface area contributed by atoms with Gasteiger partial charge in [-0.1, -0.05) is 42.8 Å². The highest BCUT2D eigenvalue weighted by molar-refractivity contribution is 5.79. The third kappa shape index (κ3) is 4.98. The van der Waals surface area contributed by atoms with Crippen LogP contribution in [0.1, 0.15) is 29.5 Å². The molecule has 0 spiro atoms. The number of methoxy groups -OCH3 is 1. The van der Waals surface area contributed by atoms with Crippen LogP contribution in [-0.2, 0) is 6.54 Å². The average Bonchev–Trinajstić information content (AvgIpc) is 2.62. The van der Waals surface area contributed by atoms with Crippen LogP contribution in [0.15, 0.2) is 47.6 Å². The van der Waals surface area contributed by atoms with E-state index in [2.05, 4.69) is 58.7 Å². The first kappa shape index (κ1) is 17.8. The molecule has 5 nitrogen and oxygen atoms in total. The number of aryl methyl sites for hydroxylation is 1. The van der Waals surface area contributed by atoms with Gasteiger partial charge in [-0.05, 0) is 24.5 Å². The molecule has 0 saturated carbocycles. The summed E-state index contributed by atoms with van der Waals surface area (Å²) < 4.78 is 5.27. The van der Waals surface area contributed by atoms with E-state index < -0.39 is 0 Å². The summed E-state index contributed by atoms with van der Waals surface area (Å²) in [5.41, 5.74) is 3.60. The molecule has 2 rings (SSSR count). The van der Waals surface area contributed by atoms with Crippen molar-refractivity contribution in [1.29, 1.82) is 0 Å². The molecule has 5 heteroatoms. The quantitative estimate of drug-likeness (QED) is 0.633. The minimum absolute atomic E-state index is 0.399. The third-order valence-corrected chi connectivity index (χ3v) is 3.90. The molecule has 128 valence electrons. The standard InChI is InChI=1S/C19H26N4O/c1-14-7-5-8-16(11-14)15(2)12-22-19(20-3)23-13-17-9-6-10-21-18(17)24-4/h5-11,15H,12-13H2,1-4H3,(H2,20,22,23). The Bertz CT molecular complexity index is 685. The number of hydrogen-bond acceptors (Lipinski definition) is 3. The fraction of sp³-hybridized carbons (Fsp3) is 0.368. The summed E-state index contributed by atoms with van der Waals surface area (Å²) in [4.78, 5) is 8.48. The van der Waals surface area contributed by atoms with Crippen molar-refractivity contribution in [2.75, 3.05) is 20.7 Å². The second-order valence-corrected chi connectivity index (χ2v) is 5.79. The van der Waals surface area contributed by atoms with Crippen LogP contribution in [0.3, 0.4) is 0 Å². The van der Waals surface area contributed by atoms with E-state index in [1.807, 2.05) is 12.1 Å². The van der Waals surface area contributed by atoms with Crippen LogP contribution in [0, 0.1) is 6.92 Å². The van der Waals surface area contributed by atoms with Gasteiger partial charge in [0.25, 0.3) is 0 Å². The highest BCUT2D eigenvalue weighted by Gasteiger charge is 2.08. The molecule has 0 radical (unpaired) electrons. The molecule has 1 heterocycles. The van der Waals surface area contributed by atoms with Crippen molar-refractivity contribution >= 4 is 5.96 Å². The normalized spacial score (nSPS) is 12.6. The molecule has 0 aliphatic heterocycles. The number of benzene rings is 1. The number of hydrogen-bond donors (Lipinski definition) is 2. The summed E-state index contributed by atoms with van der Waals surface area (Å²) in [5.74, 6) is 1.80. The lowest BCUT2D eigenvalue weighted by Gasteiger charge is -2.17. The molecule has 0 bridgehead atoms. The zero-order valence-electron chi connectivity index (χ0n) is 14.8. The molecular formula is C19H26N4O. The smallest absolute Gasteiger partial charge is 0.218 e. The topological polar surface area (TPSA) is 58.5 Å². The van der Waals surface area contributed by atoms with E-state index in [1.54, 1.807) is 20.4 Å². The first-order chi connectivity index (χ1) is 11.6. The van der Waals surface area contributed by atoms with Crippen LogP contribution in [0.5, 0.6) is 5.88 Å². The molecule has 0 amide bonds. The summed E-state index contributed by atoms with van der Waals surface area (Å²) in [6, 6.07) is 12.5. The van der Waals surface area contributed by atoms with Gasteiger partial charge in [0.2, 0.25) is 5.88 Å². The van der Waals surface area contributed by atoms with Crippen LogP contribution in [0.25, 0.3) is 0 Å². The van der Waals surface area contributed by atoms with Crippen LogP contribution in [0.4, 0.5) is 0 Å². The Morgan fingerprint density at radius 3 is 2.79 bits per heavy atom. The predicted molar refractivity (Wildman–Crippen MR) is 98.6 cm³/mol. The summed E-state index contributed by atoms with van der Waals surface area (Å²) in [7, 11) is 3.40. The average molecular weight is 326 g/mol. The number of rotatable bonds is 6. The molecule has 1 atom stereocenters. The van der Waals surface area contributed by atoms with Gasteiger partial charge in [0.1, 0.15) is 0 Å². The lowest BCUT2D eigenvalue weighted by Crippen LogP contribution is -2.38. The molecular weight excluding hydrogens is 300 g/mol. The maximum atomic E-state index is 5.27. The third-order valence-electron chi connectivity index (χ3n) is 3.90. The molecule has 1 unspecified atom stereocenters. The Balaban J connectivity index is 1.88. The van der Waals surface area contributed by atoms with Gasteiger partial charge >= 0.3 is 0 Å². The second-order valence-electron chi connectivity index (χ2n) is 5.79. The van der Waals surface area contributed by atoms with E-state index in [1.165, 1.54) is 11.1 Å². The Morgan fingerprint density at radius 1 is 1.25 bits per heavy atom. The minimum atomic E-state index is 0.399. The van der Waals surface area contributed by atoms with E-state index >= 15 is 0 Å². The van der Waals surface area contributed by atoms with Crippen LogP contribution < -0.4 is 15.4 Å². The van der Waals surface area contributed by atoms with Crippen LogP contribution in [-0.4, -0.2) is 31.6 Å². The van der Waals surface area contributed by atoms with Gasteiger partial charge in [-0.2, -0.15) is 0 Å². The van der Waals surface area contributed by atoms with Gasteiger partial charge in [-0.15, -0.1) is 0 Å². The highest BCUT2D eigenvalue weighted by atomic mass is 16.5. The van der Waals surface area contributed by atoms with Crippen molar-refractivity contribution in [3.05, 3.63) is 59.3 Å². The van der Waals surface area contributed by atoms with Crippen molar-refractivity contribution in [3.63, 3.8) is 0 Å². The molecule has 1 aromatic carbocycles. The molecule has 24 heavy (non-hydrogen) atoms. The molecule has 1 aromatic heterocycles. The first-order valence-corrected chi connectivity index (χ1v) is 8.13. The zero-order valence-corrected chi connectivity index (χ0v) is 14.8. The molecule has 0 saturated heterocycles. The van der Waals surface area contributed by atoms with Crippen molar-refractivity contribution in [1.82, 2.24) is 15.6 Å². The Hall–Kier alpha value is -2.56. The maximum Gasteiger partial charge on any atom is 0.218 e. The number of aliphatic imine (C=N–C) groups is 1. The van der Waals surface area contributed by atoms with Crippen LogP contribution >= 0.6 is 0 Å². The summed E-state index contributed by atoms with van der Waals surface area (Å²) >= 11 is 0. The van der Waals surface area contributed by atoms with Gasteiger partial charge in [0, 0.05) is 31.9 Å². The minimum Gasteiger partial charge on any atom is -0.481 e.